The highest BCUT2D eigenvalue weighted by atomic mass is 79.9. The van der Waals surface area contributed by atoms with Crippen molar-refractivity contribution >= 4 is 42.7 Å². The van der Waals surface area contributed by atoms with Gasteiger partial charge in [-0.15, -0.1) is 0 Å². The molecule has 0 aliphatic carbocycles. The lowest BCUT2D eigenvalue weighted by atomic mass is 10.2. The van der Waals surface area contributed by atoms with Gasteiger partial charge in [0, 0.05) is 17.1 Å². The summed E-state index contributed by atoms with van der Waals surface area (Å²) in [6, 6.07) is 8.25. The number of benzene rings is 1. The zero-order chi connectivity index (χ0) is 12.6. The van der Waals surface area contributed by atoms with Crippen molar-refractivity contribution in [1.29, 1.82) is 0 Å². The van der Waals surface area contributed by atoms with E-state index >= 15 is 0 Å². The van der Waals surface area contributed by atoms with Crippen molar-refractivity contribution in [2.24, 2.45) is 0 Å². The molecule has 0 aliphatic heterocycles. The summed E-state index contributed by atoms with van der Waals surface area (Å²) < 4.78 is 0.505. The average molecular weight is 336 g/mol. The summed E-state index contributed by atoms with van der Waals surface area (Å²) in [4.78, 5) is 0. The van der Waals surface area contributed by atoms with Crippen molar-refractivity contribution in [3.8, 4) is 0 Å². The van der Waals surface area contributed by atoms with E-state index in [1.807, 2.05) is 12.1 Å². The molecule has 1 aromatic carbocycles. The van der Waals surface area contributed by atoms with E-state index in [2.05, 4.69) is 60.8 Å². The van der Waals surface area contributed by atoms with Gasteiger partial charge in [-0.1, -0.05) is 72.4 Å². The zero-order valence-corrected chi connectivity index (χ0v) is 15.0. The Morgan fingerprint density at radius 1 is 1.12 bits per heavy atom. The second-order valence-electron chi connectivity index (χ2n) is 5.89. The molecule has 0 fully saturated rings. The fraction of sp³-hybridized carbons (Fsp3) is 0.500. The predicted molar refractivity (Wildman–Crippen MR) is 83.9 cm³/mol. The van der Waals surface area contributed by atoms with Crippen LogP contribution in [0.25, 0.3) is 0 Å². The summed E-state index contributed by atoms with van der Waals surface area (Å²) in [7, 11) is -2.37. The van der Waals surface area contributed by atoms with Crippen LogP contribution in [0.2, 0.25) is 37.8 Å². The Morgan fingerprint density at radius 2 is 1.69 bits per heavy atom. The van der Waals surface area contributed by atoms with Gasteiger partial charge < -0.3 is 0 Å². The van der Waals surface area contributed by atoms with Gasteiger partial charge in [-0.25, -0.2) is 0 Å². The van der Waals surface area contributed by atoms with E-state index in [-0.39, 0.29) is 0 Å². The van der Waals surface area contributed by atoms with Crippen molar-refractivity contribution in [2.45, 2.75) is 37.2 Å². The molecule has 16 heavy (non-hydrogen) atoms. The van der Waals surface area contributed by atoms with Gasteiger partial charge in [-0.05, 0) is 17.7 Å². The van der Waals surface area contributed by atoms with Crippen LogP contribution in [0.1, 0.15) is 10.0 Å². The van der Waals surface area contributed by atoms with Crippen molar-refractivity contribution < 1.29 is 0 Å². The van der Waals surface area contributed by atoms with Crippen LogP contribution in [0, 0.1) is 0 Å². The van der Waals surface area contributed by atoms with E-state index in [1.54, 1.807) is 0 Å². The Kier molecular flexibility index (Phi) is 4.49. The Labute approximate surface area is 114 Å². The van der Waals surface area contributed by atoms with Crippen LogP contribution in [0.4, 0.5) is 0 Å². The van der Waals surface area contributed by atoms with Gasteiger partial charge in [0.05, 0.1) is 7.59 Å². The van der Waals surface area contributed by atoms with Crippen LogP contribution in [-0.4, -0.2) is 15.2 Å². The van der Waals surface area contributed by atoms with Crippen LogP contribution in [0.3, 0.4) is 0 Å². The molecule has 0 saturated carbocycles. The summed E-state index contributed by atoms with van der Waals surface area (Å²) in [6.45, 7) is 12.4. The van der Waals surface area contributed by atoms with Gasteiger partial charge in [0.15, 0.2) is 0 Å². The number of halogens is 2. The molecule has 0 aromatic heterocycles. The number of rotatable bonds is 3. The molecule has 1 unspecified atom stereocenters. The fourth-order valence-electron chi connectivity index (χ4n) is 1.46. The first-order valence-corrected chi connectivity index (χ1v) is 14.4. The van der Waals surface area contributed by atoms with E-state index in [4.69, 9.17) is 11.6 Å². The molecule has 0 heterocycles. The number of hydrogen-bond acceptors (Lipinski definition) is 0. The first kappa shape index (κ1) is 14.5. The number of hydrogen-bond donors (Lipinski definition) is 0. The lowest BCUT2D eigenvalue weighted by molar-refractivity contribution is 1.31. The van der Waals surface area contributed by atoms with Crippen LogP contribution < -0.4 is 0 Å². The first-order valence-electron chi connectivity index (χ1n) is 5.56. The monoisotopic (exact) mass is 334 g/mol. The normalized spacial score (nSPS) is 14.9. The molecule has 0 radical (unpaired) electrons. The largest absolute Gasteiger partial charge is 0.0877 e. The molecular weight excluding hydrogens is 316 g/mol. The molecular formula is C12H20BrClSi2. The van der Waals surface area contributed by atoms with Crippen molar-refractivity contribution in [1.82, 2.24) is 0 Å². The average Bonchev–Trinajstić information content (AvgIpc) is 2.14. The minimum Gasteiger partial charge on any atom is -0.0877 e. The maximum Gasteiger partial charge on any atom is 0.0619 e. The molecule has 0 nitrogen and oxygen atoms in total. The van der Waals surface area contributed by atoms with E-state index in [0.717, 1.165) is 5.02 Å². The van der Waals surface area contributed by atoms with Gasteiger partial charge in [-0.3, -0.25) is 0 Å². The number of alkyl halides is 1. The van der Waals surface area contributed by atoms with Crippen LogP contribution in [0.15, 0.2) is 24.3 Å². The van der Waals surface area contributed by atoms with Gasteiger partial charge in [0.25, 0.3) is 0 Å². The van der Waals surface area contributed by atoms with Gasteiger partial charge in [-0.2, -0.15) is 0 Å². The van der Waals surface area contributed by atoms with Crippen molar-refractivity contribution in [3.05, 3.63) is 34.9 Å². The molecule has 0 spiro atoms. The summed E-state index contributed by atoms with van der Waals surface area (Å²) >= 11 is 9.97. The van der Waals surface area contributed by atoms with Crippen LogP contribution in [-0.2, 0) is 0 Å². The Hall–Kier alpha value is 0.424. The Balaban J connectivity index is 3.07. The summed E-state index contributed by atoms with van der Waals surface area (Å²) in [5, 5.41) is 0.835. The topological polar surface area (TPSA) is 0 Å². The first-order chi connectivity index (χ1) is 7.16. The molecule has 1 atom stereocenters. The molecule has 0 saturated heterocycles. The minimum atomic E-state index is -1.28. The van der Waals surface area contributed by atoms with Gasteiger partial charge in [0.2, 0.25) is 0 Å². The highest BCUT2D eigenvalue weighted by molar-refractivity contribution is 9.10. The molecule has 1 rings (SSSR count). The molecule has 0 amide bonds. The smallest absolute Gasteiger partial charge is 0.0619 e. The van der Waals surface area contributed by atoms with E-state index in [0.29, 0.717) is 4.45 Å². The summed E-state index contributed by atoms with van der Waals surface area (Å²) in [5.41, 5.74) is 1.34. The third-order valence-corrected chi connectivity index (χ3v) is 27.1. The Morgan fingerprint density at radius 3 is 2.12 bits per heavy atom. The third-order valence-electron chi connectivity index (χ3n) is 3.71. The molecule has 0 bridgehead atoms. The minimum absolute atomic E-state index is 0.505. The lowest BCUT2D eigenvalue weighted by Crippen LogP contribution is -2.55. The standard InChI is InChI=1S/C12H20BrClSi2/c1-15(2,3)16(4,5)12(13)10-7-6-8-11(14)9-10/h6-9,12H,1-5H3. The lowest BCUT2D eigenvalue weighted by Gasteiger charge is -2.39. The maximum atomic E-state index is 6.06. The van der Waals surface area contributed by atoms with Gasteiger partial charge in [0.1, 0.15) is 0 Å². The molecule has 1 aromatic rings. The Bertz CT molecular complexity index is 372. The summed E-state index contributed by atoms with van der Waals surface area (Å²) in [6.07, 6.45) is 0. The predicted octanol–water partition coefficient (Wildman–Crippen LogP) is 5.44. The van der Waals surface area contributed by atoms with Gasteiger partial charge >= 0.3 is 0 Å². The quantitative estimate of drug-likeness (QED) is 0.509. The van der Waals surface area contributed by atoms with E-state index < -0.39 is 15.2 Å². The zero-order valence-electron chi connectivity index (χ0n) is 10.6. The second kappa shape index (κ2) is 4.96. The SMILES string of the molecule is C[Si](C)(C)[Si](C)(C)C(Br)c1cccc(Cl)c1. The second-order valence-corrected chi connectivity index (χ2v) is 25.0. The van der Waals surface area contributed by atoms with E-state index in [9.17, 15) is 0 Å². The summed E-state index contributed by atoms with van der Waals surface area (Å²) in [5.74, 6) is 0. The molecule has 4 heteroatoms. The fourth-order valence-corrected chi connectivity index (χ4v) is 12.7. The van der Waals surface area contributed by atoms with Crippen LogP contribution >= 0.6 is 27.5 Å². The highest BCUT2D eigenvalue weighted by Gasteiger charge is 2.42. The maximum absolute atomic E-state index is 6.06. The van der Waals surface area contributed by atoms with Crippen molar-refractivity contribution in [2.75, 3.05) is 0 Å². The van der Waals surface area contributed by atoms with Crippen LogP contribution in [0.5, 0.6) is 0 Å². The highest BCUT2D eigenvalue weighted by Crippen LogP contribution is 2.38. The molecule has 0 aliphatic rings. The molecule has 90 valence electrons. The molecule has 0 N–H and O–H groups in total. The third kappa shape index (κ3) is 3.00. The van der Waals surface area contributed by atoms with Crippen molar-refractivity contribution in [3.63, 3.8) is 0 Å². The van der Waals surface area contributed by atoms with E-state index in [1.165, 1.54) is 5.56 Å².